The average Bonchev–Trinajstić information content (AvgIpc) is 3.52. The number of hydrogen-bond donors (Lipinski definition) is 3. The summed E-state index contributed by atoms with van der Waals surface area (Å²) in [4.78, 5) is 17.2. The lowest BCUT2D eigenvalue weighted by atomic mass is 9.42. The van der Waals surface area contributed by atoms with Crippen LogP contribution in [0.1, 0.15) is 103 Å². The van der Waals surface area contributed by atoms with Crippen molar-refractivity contribution < 1.29 is 24.5 Å². The summed E-state index contributed by atoms with van der Waals surface area (Å²) in [5.41, 5.74) is 5.02. The molecule has 230 valence electrons. The van der Waals surface area contributed by atoms with Gasteiger partial charge in [0.05, 0.1) is 28.5 Å². The number of H-pyrrole nitrogens is 1. The third-order valence-corrected chi connectivity index (χ3v) is 13.0. The van der Waals surface area contributed by atoms with Gasteiger partial charge in [-0.2, -0.15) is 0 Å². The van der Waals surface area contributed by atoms with Gasteiger partial charge in [-0.3, -0.25) is 4.79 Å². The summed E-state index contributed by atoms with van der Waals surface area (Å²) in [5.74, 6) is 0.517. The Morgan fingerprint density at radius 3 is 2.49 bits per heavy atom. The van der Waals surface area contributed by atoms with E-state index in [0.717, 1.165) is 37.7 Å². The first-order valence-electron chi connectivity index (χ1n) is 16.4. The van der Waals surface area contributed by atoms with Crippen LogP contribution in [-0.2, 0) is 32.5 Å². The Morgan fingerprint density at radius 1 is 1.02 bits per heavy atom. The van der Waals surface area contributed by atoms with Crippen molar-refractivity contribution in [1.29, 1.82) is 0 Å². The number of nitrogens with one attached hydrogen (secondary N) is 1. The maximum absolute atomic E-state index is 13.2. The highest BCUT2D eigenvalue weighted by molar-refractivity contribution is 5.96. The van der Waals surface area contributed by atoms with E-state index in [0.29, 0.717) is 18.3 Å². The van der Waals surface area contributed by atoms with Crippen LogP contribution in [0.4, 0.5) is 0 Å². The summed E-state index contributed by atoms with van der Waals surface area (Å²) in [5, 5.41) is 24.7. The van der Waals surface area contributed by atoms with Crippen LogP contribution in [0.5, 0.6) is 0 Å². The number of carbonyl (C=O) groups excluding carboxylic acids is 1. The van der Waals surface area contributed by atoms with E-state index in [1.54, 1.807) is 19.9 Å². The van der Waals surface area contributed by atoms with Gasteiger partial charge in [0, 0.05) is 33.3 Å². The Kier molecular flexibility index (Phi) is 5.33. The van der Waals surface area contributed by atoms with Gasteiger partial charge >= 0.3 is 0 Å². The standard InChI is InChI=1S/C37H47NO5/c1-32(2)18-24-21-16-27-22(13-19(21)14-25(24)34(5,6)43-32)23-15-20-9-12-37(41)26-17-28(39)31(33(3,4)40)42-29(26)10-11-35(37,7)36(20,8)30(23)38-27/h13,16-18,20,25,29,31,38,40-41H,9-12,14-15H2,1-8H3/t20-,25?,29?,31-,35+,36+,37+/m0/s1. The maximum atomic E-state index is 13.2. The number of benzene rings is 1. The molecule has 6 nitrogen and oxygen atoms in total. The molecular weight excluding hydrogens is 538 g/mol. The minimum atomic E-state index is -1.27. The predicted molar refractivity (Wildman–Crippen MR) is 167 cm³/mol. The average molecular weight is 586 g/mol. The Bertz CT molecular complexity index is 1670. The van der Waals surface area contributed by atoms with Crippen molar-refractivity contribution in [3.8, 4) is 0 Å². The molecule has 2 saturated carbocycles. The molecule has 4 aliphatic carbocycles. The number of hydrogen-bond acceptors (Lipinski definition) is 5. The zero-order valence-corrected chi connectivity index (χ0v) is 27.0. The molecule has 2 fully saturated rings. The minimum Gasteiger partial charge on any atom is -0.387 e. The number of aromatic nitrogens is 1. The monoisotopic (exact) mass is 585 g/mol. The maximum Gasteiger partial charge on any atom is 0.187 e. The Morgan fingerprint density at radius 2 is 1.77 bits per heavy atom. The van der Waals surface area contributed by atoms with Crippen molar-refractivity contribution in [2.45, 2.75) is 134 Å². The molecule has 2 aromatic rings. The molecule has 0 spiro atoms. The molecule has 8 rings (SSSR count). The lowest BCUT2D eigenvalue weighted by molar-refractivity contribution is -0.195. The van der Waals surface area contributed by atoms with Crippen molar-refractivity contribution in [3.05, 3.63) is 52.2 Å². The normalized spacial score (nSPS) is 40.6. The minimum absolute atomic E-state index is 0.228. The first-order chi connectivity index (χ1) is 19.9. The highest BCUT2D eigenvalue weighted by atomic mass is 16.5. The van der Waals surface area contributed by atoms with E-state index in [1.807, 2.05) is 0 Å². The topological polar surface area (TPSA) is 91.8 Å². The van der Waals surface area contributed by atoms with Crippen LogP contribution in [0.15, 0.2) is 29.9 Å². The number of carbonyl (C=O) groups is 1. The van der Waals surface area contributed by atoms with Gasteiger partial charge in [0.1, 0.15) is 6.10 Å². The van der Waals surface area contributed by atoms with E-state index in [4.69, 9.17) is 9.47 Å². The summed E-state index contributed by atoms with van der Waals surface area (Å²) < 4.78 is 12.8. The van der Waals surface area contributed by atoms with Crippen LogP contribution in [0.2, 0.25) is 0 Å². The molecule has 3 heterocycles. The van der Waals surface area contributed by atoms with Crippen molar-refractivity contribution in [3.63, 3.8) is 0 Å². The lowest BCUT2D eigenvalue weighted by Crippen LogP contribution is -2.68. The highest BCUT2D eigenvalue weighted by Crippen LogP contribution is 2.69. The van der Waals surface area contributed by atoms with Gasteiger partial charge in [-0.1, -0.05) is 13.8 Å². The van der Waals surface area contributed by atoms with Crippen LogP contribution in [0, 0.1) is 17.3 Å². The number of ether oxygens (including phenoxy) is 2. The summed E-state index contributed by atoms with van der Waals surface area (Å²) >= 11 is 0. The Hall–Kier alpha value is -2.25. The van der Waals surface area contributed by atoms with E-state index in [1.165, 1.54) is 38.9 Å². The van der Waals surface area contributed by atoms with Crippen LogP contribution < -0.4 is 0 Å². The summed E-state index contributed by atoms with van der Waals surface area (Å²) in [6, 6.07) is 4.83. The largest absolute Gasteiger partial charge is 0.387 e. The fourth-order valence-corrected chi connectivity index (χ4v) is 10.9. The van der Waals surface area contributed by atoms with Gasteiger partial charge in [-0.25, -0.2) is 0 Å². The summed E-state index contributed by atoms with van der Waals surface area (Å²) in [6.45, 7) is 16.6. The molecule has 0 bridgehead atoms. The fraction of sp³-hybridized carbons (Fsp3) is 0.649. The second-order valence-electron chi connectivity index (χ2n) is 16.7. The first kappa shape index (κ1) is 28.2. The number of rotatable bonds is 1. The third-order valence-electron chi connectivity index (χ3n) is 13.0. The molecule has 3 N–H and O–H groups in total. The Labute approximate surface area is 254 Å². The van der Waals surface area contributed by atoms with E-state index in [2.05, 4.69) is 64.7 Å². The molecule has 6 heteroatoms. The van der Waals surface area contributed by atoms with Crippen LogP contribution in [-0.4, -0.2) is 55.6 Å². The quantitative estimate of drug-likeness (QED) is 0.376. The molecule has 1 aromatic heterocycles. The first-order valence-corrected chi connectivity index (χ1v) is 16.4. The number of aliphatic hydroxyl groups is 2. The molecule has 1 aromatic carbocycles. The van der Waals surface area contributed by atoms with Gasteiger partial charge in [-0.05, 0) is 138 Å². The van der Waals surface area contributed by atoms with E-state index in [9.17, 15) is 15.0 Å². The van der Waals surface area contributed by atoms with Gasteiger partial charge in [0.25, 0.3) is 0 Å². The molecule has 6 aliphatic rings. The smallest absolute Gasteiger partial charge is 0.187 e. The van der Waals surface area contributed by atoms with E-state index < -0.39 is 22.7 Å². The molecule has 7 atom stereocenters. The number of fused-ring (bicyclic) bond motifs is 12. The molecule has 2 unspecified atom stereocenters. The molecule has 0 radical (unpaired) electrons. The van der Waals surface area contributed by atoms with E-state index >= 15 is 0 Å². The van der Waals surface area contributed by atoms with Crippen LogP contribution in [0.3, 0.4) is 0 Å². The molecule has 2 aliphatic heterocycles. The molecule has 0 amide bonds. The van der Waals surface area contributed by atoms with Crippen molar-refractivity contribution in [2.75, 3.05) is 0 Å². The van der Waals surface area contributed by atoms with Crippen molar-refractivity contribution in [1.82, 2.24) is 4.98 Å². The van der Waals surface area contributed by atoms with Gasteiger partial charge < -0.3 is 24.7 Å². The van der Waals surface area contributed by atoms with Gasteiger partial charge in [0.2, 0.25) is 0 Å². The summed E-state index contributed by atoms with van der Waals surface area (Å²) in [6.07, 6.45) is 7.72. The van der Waals surface area contributed by atoms with E-state index in [-0.39, 0.29) is 28.5 Å². The SMILES string of the molecule is CC1(C)C=C2c3cc4[nH]c5c(c4cc3CC2C(C)(C)O1)C[C@@H]1CC[C@@]2(O)C3=CC(=O)[C@@H](C(C)(C)O)OC3CC[C@]2(C)[C@@]51C. The molecule has 43 heavy (non-hydrogen) atoms. The number of aromatic amines is 1. The second kappa shape index (κ2) is 8.12. The van der Waals surface area contributed by atoms with Gasteiger partial charge in [0.15, 0.2) is 5.78 Å². The van der Waals surface area contributed by atoms with Gasteiger partial charge in [-0.15, -0.1) is 0 Å². The third kappa shape index (κ3) is 3.42. The highest BCUT2D eigenvalue weighted by Gasteiger charge is 2.70. The van der Waals surface area contributed by atoms with Crippen LogP contribution >= 0.6 is 0 Å². The zero-order valence-electron chi connectivity index (χ0n) is 27.0. The lowest BCUT2D eigenvalue weighted by Gasteiger charge is -2.64. The Balaban J connectivity index is 1.23. The number of ketones is 1. The van der Waals surface area contributed by atoms with Crippen molar-refractivity contribution >= 4 is 22.3 Å². The molecular formula is C37H47NO5. The second-order valence-corrected chi connectivity index (χ2v) is 16.7. The zero-order chi connectivity index (χ0) is 30.7. The van der Waals surface area contributed by atoms with Crippen LogP contribution in [0.25, 0.3) is 16.5 Å². The fourth-order valence-electron chi connectivity index (χ4n) is 10.9. The predicted octanol–water partition coefficient (Wildman–Crippen LogP) is 6.10. The van der Waals surface area contributed by atoms with Crippen molar-refractivity contribution in [2.24, 2.45) is 17.3 Å². The molecule has 0 saturated heterocycles. The summed E-state index contributed by atoms with van der Waals surface area (Å²) in [7, 11) is 0.